The molecule has 0 aromatic carbocycles. The molecule has 4 fully saturated rings. The van der Waals surface area contributed by atoms with Crippen molar-refractivity contribution in [3.8, 4) is 0 Å². The van der Waals surface area contributed by atoms with Crippen molar-refractivity contribution >= 4 is 17.5 Å². The maximum atomic E-state index is 13.2. The first-order valence-electron chi connectivity index (χ1n) is 8.44. The summed E-state index contributed by atoms with van der Waals surface area (Å²) in [7, 11) is 0. The molecule has 0 unspecified atom stereocenters. The molecule has 2 bridgehead atoms. The average Bonchev–Trinajstić information content (AvgIpc) is 2.93. The fraction of sp³-hybridized carbons (Fsp3) is 0.526. The SMILES string of the molecule is C/C=C/C=C/C(O)=C1/C(=O)[C@]2(C)C(=O)[C@@](C)(O)[C@@H]1[C@@H]1OC(=O)C[C@]12CO. The normalized spacial score (nSPS) is 44.1. The predicted molar refractivity (Wildman–Crippen MR) is 89.9 cm³/mol. The fourth-order valence-electron chi connectivity index (χ4n) is 4.77. The minimum Gasteiger partial charge on any atom is -0.508 e. The first kappa shape index (κ1) is 18.5. The molecule has 7 nitrogen and oxygen atoms in total. The summed E-state index contributed by atoms with van der Waals surface area (Å²) in [6.07, 6.45) is 4.78. The Morgan fingerprint density at radius 2 is 1.92 bits per heavy atom. The zero-order valence-corrected chi connectivity index (χ0v) is 14.9. The first-order valence-corrected chi connectivity index (χ1v) is 8.44. The van der Waals surface area contributed by atoms with Crippen molar-refractivity contribution in [3.05, 3.63) is 35.6 Å². The van der Waals surface area contributed by atoms with Crippen molar-refractivity contribution in [1.29, 1.82) is 0 Å². The van der Waals surface area contributed by atoms with Gasteiger partial charge in [-0.2, -0.15) is 0 Å². The Bertz CT molecular complexity index is 788. The Hall–Kier alpha value is -2.25. The summed E-state index contributed by atoms with van der Waals surface area (Å²) in [4.78, 5) is 38.2. The smallest absolute Gasteiger partial charge is 0.306 e. The largest absolute Gasteiger partial charge is 0.508 e. The molecule has 140 valence electrons. The number of aliphatic hydroxyl groups is 3. The molecule has 3 aliphatic carbocycles. The Labute approximate surface area is 150 Å². The number of esters is 1. The number of aliphatic hydroxyl groups excluding tert-OH is 2. The second-order valence-electron chi connectivity index (χ2n) is 7.49. The van der Waals surface area contributed by atoms with Crippen molar-refractivity contribution in [2.45, 2.75) is 38.9 Å². The molecule has 1 aliphatic heterocycles. The van der Waals surface area contributed by atoms with Crippen molar-refractivity contribution in [3.63, 3.8) is 0 Å². The summed E-state index contributed by atoms with van der Waals surface area (Å²) >= 11 is 0. The Morgan fingerprint density at radius 1 is 1.27 bits per heavy atom. The van der Waals surface area contributed by atoms with E-state index < -0.39 is 58.4 Å². The van der Waals surface area contributed by atoms with Gasteiger partial charge >= 0.3 is 5.97 Å². The van der Waals surface area contributed by atoms with E-state index in [1.807, 2.05) is 0 Å². The summed E-state index contributed by atoms with van der Waals surface area (Å²) in [5.41, 5.74) is -5.49. The number of hydrogen-bond acceptors (Lipinski definition) is 7. The van der Waals surface area contributed by atoms with Crippen molar-refractivity contribution < 1.29 is 34.4 Å². The van der Waals surface area contributed by atoms with Crippen LogP contribution in [0.2, 0.25) is 0 Å². The van der Waals surface area contributed by atoms with Gasteiger partial charge in [-0.1, -0.05) is 18.2 Å². The highest BCUT2D eigenvalue weighted by atomic mass is 16.6. The summed E-state index contributed by atoms with van der Waals surface area (Å²) in [6, 6.07) is 0. The monoisotopic (exact) mass is 362 g/mol. The van der Waals surface area contributed by atoms with Gasteiger partial charge in [-0.25, -0.2) is 0 Å². The molecule has 4 aliphatic rings. The summed E-state index contributed by atoms with van der Waals surface area (Å²) in [5, 5.41) is 31.4. The van der Waals surface area contributed by atoms with Gasteiger partial charge in [0.1, 0.15) is 22.9 Å². The minimum absolute atomic E-state index is 0.151. The van der Waals surface area contributed by atoms with E-state index in [1.165, 1.54) is 26.0 Å². The molecule has 0 spiro atoms. The van der Waals surface area contributed by atoms with Gasteiger partial charge in [0.15, 0.2) is 11.6 Å². The van der Waals surface area contributed by atoms with Crippen molar-refractivity contribution in [1.82, 2.24) is 0 Å². The summed E-state index contributed by atoms with van der Waals surface area (Å²) in [5.74, 6) is -3.75. The maximum absolute atomic E-state index is 13.2. The van der Waals surface area contributed by atoms with Gasteiger partial charge in [-0.3, -0.25) is 14.4 Å². The van der Waals surface area contributed by atoms with Gasteiger partial charge in [0.25, 0.3) is 0 Å². The van der Waals surface area contributed by atoms with Crippen LogP contribution in [0.3, 0.4) is 0 Å². The lowest BCUT2D eigenvalue weighted by Gasteiger charge is -2.60. The van der Waals surface area contributed by atoms with Gasteiger partial charge in [-0.05, 0) is 26.8 Å². The Morgan fingerprint density at radius 3 is 2.50 bits per heavy atom. The van der Waals surface area contributed by atoms with E-state index in [-0.39, 0.29) is 12.0 Å². The lowest BCUT2D eigenvalue weighted by atomic mass is 9.40. The predicted octanol–water partition coefficient (Wildman–Crippen LogP) is 0.764. The first-order chi connectivity index (χ1) is 12.1. The van der Waals surface area contributed by atoms with Crippen LogP contribution < -0.4 is 0 Å². The fourth-order valence-corrected chi connectivity index (χ4v) is 4.77. The third kappa shape index (κ3) is 1.92. The molecule has 1 heterocycles. The minimum atomic E-state index is -2.02. The molecule has 5 atom stereocenters. The van der Waals surface area contributed by atoms with Gasteiger partial charge in [0.2, 0.25) is 0 Å². The topological polar surface area (TPSA) is 121 Å². The molecular formula is C19H22O7. The maximum Gasteiger partial charge on any atom is 0.306 e. The molecule has 7 heteroatoms. The molecule has 3 N–H and O–H groups in total. The molecular weight excluding hydrogens is 340 g/mol. The second kappa shape index (κ2) is 5.62. The lowest BCUT2D eigenvalue weighted by molar-refractivity contribution is -0.210. The molecule has 3 saturated carbocycles. The highest BCUT2D eigenvalue weighted by molar-refractivity contribution is 6.22. The van der Waals surface area contributed by atoms with Crippen LogP contribution in [0, 0.1) is 16.7 Å². The number of ketones is 2. The van der Waals surface area contributed by atoms with Gasteiger partial charge < -0.3 is 20.1 Å². The summed E-state index contributed by atoms with van der Waals surface area (Å²) < 4.78 is 5.35. The molecule has 26 heavy (non-hydrogen) atoms. The number of allylic oxidation sites excluding steroid dienone is 4. The summed E-state index contributed by atoms with van der Waals surface area (Å²) in [6.45, 7) is 3.73. The molecule has 4 rings (SSSR count). The van der Waals surface area contributed by atoms with Crippen LogP contribution in [0.5, 0.6) is 0 Å². The highest BCUT2D eigenvalue weighted by Crippen LogP contribution is 2.66. The lowest BCUT2D eigenvalue weighted by Crippen LogP contribution is -2.76. The Kier molecular flexibility index (Phi) is 4.01. The van der Waals surface area contributed by atoms with Gasteiger partial charge in [0, 0.05) is 5.57 Å². The number of hydrogen-bond donors (Lipinski definition) is 3. The van der Waals surface area contributed by atoms with Crippen LogP contribution >= 0.6 is 0 Å². The zero-order chi connectivity index (χ0) is 19.5. The molecule has 0 aromatic rings. The standard InChI is InChI=1S/C19H22O7/c1-4-5-6-7-10(21)12-13-15-19(9-20,8-11(22)26-15)17(2,14(12)23)16(24)18(13,3)25/h4-7,13,15,20-21,25H,8-9H2,1-3H3/b5-4+,7-6+,12-10-/t13-,15-,17+,18-,19-/m0/s1. The number of Topliss-reactive ketones (excluding diaryl/α,β-unsaturated/α-hetero) is 2. The zero-order valence-electron chi connectivity index (χ0n) is 14.9. The molecule has 0 aromatic heterocycles. The van der Waals surface area contributed by atoms with Crippen LogP contribution in [-0.4, -0.2) is 51.2 Å². The van der Waals surface area contributed by atoms with Crippen LogP contribution in [0.15, 0.2) is 35.6 Å². The van der Waals surface area contributed by atoms with Crippen LogP contribution in [0.25, 0.3) is 0 Å². The molecule has 0 amide bonds. The molecule has 0 radical (unpaired) electrons. The van der Waals surface area contributed by atoms with Gasteiger partial charge in [-0.15, -0.1) is 0 Å². The number of carbonyl (C=O) groups is 3. The van der Waals surface area contributed by atoms with E-state index in [9.17, 15) is 29.7 Å². The van der Waals surface area contributed by atoms with E-state index in [0.29, 0.717) is 0 Å². The van der Waals surface area contributed by atoms with E-state index in [4.69, 9.17) is 4.74 Å². The number of ether oxygens (including phenoxy) is 1. The van der Waals surface area contributed by atoms with Crippen LogP contribution in [-0.2, 0) is 19.1 Å². The van der Waals surface area contributed by atoms with E-state index in [1.54, 1.807) is 19.1 Å². The van der Waals surface area contributed by atoms with Crippen LogP contribution in [0.4, 0.5) is 0 Å². The van der Waals surface area contributed by atoms with Crippen molar-refractivity contribution in [2.24, 2.45) is 16.7 Å². The Balaban J connectivity index is 2.30. The second-order valence-corrected chi connectivity index (χ2v) is 7.49. The van der Waals surface area contributed by atoms with E-state index >= 15 is 0 Å². The third-order valence-corrected chi connectivity index (χ3v) is 6.21. The number of carbonyl (C=O) groups excluding carboxylic acids is 3. The van der Waals surface area contributed by atoms with Crippen LogP contribution in [0.1, 0.15) is 27.2 Å². The quantitative estimate of drug-likeness (QED) is 0.223. The average molecular weight is 362 g/mol. The number of fused-ring (bicyclic) bond motifs is 2. The van der Waals surface area contributed by atoms with E-state index in [2.05, 4.69) is 0 Å². The number of rotatable bonds is 3. The highest BCUT2D eigenvalue weighted by Gasteiger charge is 2.80. The molecule has 1 saturated heterocycles. The van der Waals surface area contributed by atoms with Gasteiger partial charge in [0.05, 0.1) is 24.4 Å². The van der Waals surface area contributed by atoms with E-state index in [0.717, 1.165) is 0 Å². The van der Waals surface area contributed by atoms with Crippen molar-refractivity contribution in [2.75, 3.05) is 6.61 Å². The third-order valence-electron chi connectivity index (χ3n) is 6.21.